The summed E-state index contributed by atoms with van der Waals surface area (Å²) in [6.07, 6.45) is -4.42. The topological polar surface area (TPSA) is 26.3 Å². The molecule has 0 atom stereocenters. The van der Waals surface area contributed by atoms with Gasteiger partial charge in [-0.1, -0.05) is 15.9 Å². The van der Waals surface area contributed by atoms with E-state index in [4.69, 9.17) is 0 Å². The van der Waals surface area contributed by atoms with Gasteiger partial charge >= 0.3 is 12.1 Å². The second-order valence-electron chi connectivity index (χ2n) is 2.99. The first-order valence-electron chi connectivity index (χ1n) is 4.24. The predicted octanol–water partition coefficient (Wildman–Crippen LogP) is 3.39. The summed E-state index contributed by atoms with van der Waals surface area (Å²) >= 11 is 2.95. The first-order chi connectivity index (χ1) is 7.40. The van der Waals surface area contributed by atoms with E-state index in [2.05, 4.69) is 20.7 Å². The lowest BCUT2D eigenvalue weighted by Crippen LogP contribution is -2.10. The van der Waals surface area contributed by atoms with E-state index in [1.807, 2.05) is 0 Å². The maximum atomic E-state index is 12.5. The van der Waals surface area contributed by atoms with Crippen molar-refractivity contribution in [2.24, 2.45) is 0 Å². The molecule has 0 spiro atoms. The third-order valence-corrected chi connectivity index (χ3v) is 2.58. The molecule has 0 N–H and O–H groups in total. The lowest BCUT2D eigenvalue weighted by Gasteiger charge is -2.12. The number of methoxy groups -OCH3 is 1. The van der Waals surface area contributed by atoms with Crippen LogP contribution >= 0.6 is 15.9 Å². The van der Waals surface area contributed by atoms with Gasteiger partial charge in [0.2, 0.25) is 0 Å². The highest BCUT2D eigenvalue weighted by molar-refractivity contribution is 9.08. The number of alkyl halides is 4. The normalized spacial score (nSPS) is 11.3. The van der Waals surface area contributed by atoms with Crippen LogP contribution in [0.4, 0.5) is 13.2 Å². The van der Waals surface area contributed by atoms with Crippen LogP contribution in [0.3, 0.4) is 0 Å². The van der Waals surface area contributed by atoms with E-state index < -0.39 is 17.7 Å². The van der Waals surface area contributed by atoms with Gasteiger partial charge in [-0.15, -0.1) is 0 Å². The molecule has 0 saturated carbocycles. The van der Waals surface area contributed by atoms with E-state index >= 15 is 0 Å². The molecule has 0 fully saturated rings. The summed E-state index contributed by atoms with van der Waals surface area (Å²) in [6, 6.07) is 3.15. The highest BCUT2D eigenvalue weighted by Crippen LogP contribution is 2.33. The molecule has 0 aliphatic carbocycles. The zero-order valence-corrected chi connectivity index (χ0v) is 9.85. The summed E-state index contributed by atoms with van der Waals surface area (Å²) in [4.78, 5) is 11.1. The van der Waals surface area contributed by atoms with Crippen molar-refractivity contribution in [3.05, 3.63) is 34.9 Å². The molecule has 88 valence electrons. The summed E-state index contributed by atoms with van der Waals surface area (Å²) in [5.41, 5.74) is -0.641. The van der Waals surface area contributed by atoms with Crippen LogP contribution in [0.2, 0.25) is 0 Å². The smallest absolute Gasteiger partial charge is 0.416 e. The van der Waals surface area contributed by atoms with Crippen molar-refractivity contribution in [1.29, 1.82) is 0 Å². The van der Waals surface area contributed by atoms with E-state index in [0.717, 1.165) is 12.1 Å². The van der Waals surface area contributed by atoms with Crippen LogP contribution in [-0.4, -0.2) is 13.1 Å². The number of rotatable bonds is 2. The Balaban J connectivity index is 3.22. The quantitative estimate of drug-likeness (QED) is 0.618. The summed E-state index contributed by atoms with van der Waals surface area (Å²) in [7, 11) is 1.17. The Kier molecular flexibility index (Phi) is 3.96. The van der Waals surface area contributed by atoms with Crippen molar-refractivity contribution < 1.29 is 22.7 Å². The number of hydrogen-bond donors (Lipinski definition) is 0. The molecule has 0 bridgehead atoms. The largest absolute Gasteiger partial charge is 0.465 e. The average Bonchev–Trinajstić information content (AvgIpc) is 2.25. The van der Waals surface area contributed by atoms with Crippen LogP contribution in [-0.2, 0) is 16.2 Å². The molecule has 1 aromatic carbocycles. The van der Waals surface area contributed by atoms with Crippen molar-refractivity contribution in [2.75, 3.05) is 7.11 Å². The Morgan fingerprint density at radius 1 is 1.44 bits per heavy atom. The van der Waals surface area contributed by atoms with Gasteiger partial charge in [-0.3, -0.25) is 0 Å². The molecule has 0 saturated heterocycles. The number of benzene rings is 1. The minimum absolute atomic E-state index is 0.00963. The summed E-state index contributed by atoms with van der Waals surface area (Å²) in [5.74, 6) is -0.657. The molecule has 2 nitrogen and oxygen atoms in total. The fourth-order valence-electron chi connectivity index (χ4n) is 1.23. The summed E-state index contributed by atoms with van der Waals surface area (Å²) in [5, 5.41) is 0.0205. The van der Waals surface area contributed by atoms with Crippen LogP contribution in [0.25, 0.3) is 0 Å². The molecule has 0 aromatic heterocycles. The first kappa shape index (κ1) is 13.0. The molecule has 16 heavy (non-hydrogen) atoms. The molecule has 0 aliphatic rings. The minimum Gasteiger partial charge on any atom is -0.465 e. The number of carbonyl (C=O) groups excluding carboxylic acids is 1. The first-order valence-corrected chi connectivity index (χ1v) is 5.36. The molecular weight excluding hydrogens is 289 g/mol. The third-order valence-electron chi connectivity index (χ3n) is 1.98. The highest BCUT2D eigenvalue weighted by atomic mass is 79.9. The van der Waals surface area contributed by atoms with Gasteiger partial charge in [0.1, 0.15) is 0 Å². The molecule has 6 heteroatoms. The fraction of sp³-hybridized carbons (Fsp3) is 0.300. The van der Waals surface area contributed by atoms with Crippen molar-refractivity contribution in [3.63, 3.8) is 0 Å². The number of ether oxygens (including phenoxy) is 1. The van der Waals surface area contributed by atoms with Gasteiger partial charge in [0, 0.05) is 5.33 Å². The molecule has 0 unspecified atom stereocenters. The minimum atomic E-state index is -4.42. The molecular formula is C10H8BrF3O2. The Hall–Kier alpha value is -1.04. The lowest BCUT2D eigenvalue weighted by atomic mass is 10.0. The van der Waals surface area contributed by atoms with Crippen molar-refractivity contribution in [2.45, 2.75) is 11.5 Å². The van der Waals surface area contributed by atoms with Gasteiger partial charge in [-0.25, -0.2) is 4.79 Å². The van der Waals surface area contributed by atoms with Gasteiger partial charge in [0.15, 0.2) is 0 Å². The lowest BCUT2D eigenvalue weighted by molar-refractivity contribution is -0.138. The van der Waals surface area contributed by atoms with Gasteiger partial charge in [-0.2, -0.15) is 13.2 Å². The monoisotopic (exact) mass is 296 g/mol. The average molecular weight is 297 g/mol. The zero-order chi connectivity index (χ0) is 12.3. The van der Waals surface area contributed by atoms with E-state index in [9.17, 15) is 18.0 Å². The Labute approximate surface area is 98.5 Å². The van der Waals surface area contributed by atoms with Crippen LogP contribution in [0, 0.1) is 0 Å². The van der Waals surface area contributed by atoms with Crippen molar-refractivity contribution in [1.82, 2.24) is 0 Å². The summed E-state index contributed by atoms with van der Waals surface area (Å²) < 4.78 is 42.0. The third kappa shape index (κ3) is 2.75. The maximum Gasteiger partial charge on any atom is 0.416 e. The number of halogens is 4. The van der Waals surface area contributed by atoms with E-state index in [1.54, 1.807) is 0 Å². The Morgan fingerprint density at radius 3 is 2.50 bits per heavy atom. The SMILES string of the molecule is COC(=O)c1ccc(C(F)(F)F)c(CBr)c1. The zero-order valence-electron chi connectivity index (χ0n) is 8.27. The Morgan fingerprint density at radius 2 is 2.06 bits per heavy atom. The van der Waals surface area contributed by atoms with Crippen LogP contribution in [0.5, 0.6) is 0 Å². The van der Waals surface area contributed by atoms with Crippen LogP contribution in [0.1, 0.15) is 21.5 Å². The second-order valence-corrected chi connectivity index (χ2v) is 3.56. The van der Waals surface area contributed by atoms with Crippen molar-refractivity contribution in [3.8, 4) is 0 Å². The Bertz CT molecular complexity index is 402. The van der Waals surface area contributed by atoms with Crippen LogP contribution < -0.4 is 0 Å². The van der Waals surface area contributed by atoms with Crippen LogP contribution in [0.15, 0.2) is 18.2 Å². The van der Waals surface area contributed by atoms with E-state index in [0.29, 0.717) is 0 Å². The number of hydrogen-bond acceptors (Lipinski definition) is 2. The van der Waals surface area contributed by atoms with E-state index in [1.165, 1.54) is 13.2 Å². The van der Waals surface area contributed by atoms with Gasteiger partial charge in [0.05, 0.1) is 18.2 Å². The molecule has 1 aromatic rings. The predicted molar refractivity (Wildman–Crippen MR) is 55.4 cm³/mol. The van der Waals surface area contributed by atoms with E-state index in [-0.39, 0.29) is 16.5 Å². The summed E-state index contributed by atoms with van der Waals surface area (Å²) in [6.45, 7) is 0. The molecule has 1 rings (SSSR count). The van der Waals surface area contributed by atoms with Gasteiger partial charge in [0.25, 0.3) is 0 Å². The number of esters is 1. The molecule has 0 heterocycles. The van der Waals surface area contributed by atoms with Crippen molar-refractivity contribution >= 4 is 21.9 Å². The standard InChI is InChI=1S/C10H8BrF3O2/c1-16-9(15)6-2-3-8(10(12,13)14)7(4-6)5-11/h2-4H,5H2,1H3. The highest BCUT2D eigenvalue weighted by Gasteiger charge is 2.33. The molecule has 0 aliphatic heterocycles. The second kappa shape index (κ2) is 4.86. The number of carbonyl (C=O) groups is 1. The van der Waals surface area contributed by atoms with Gasteiger partial charge < -0.3 is 4.74 Å². The fourth-order valence-corrected chi connectivity index (χ4v) is 1.69. The maximum absolute atomic E-state index is 12.5. The molecule has 0 radical (unpaired) electrons. The van der Waals surface area contributed by atoms with Gasteiger partial charge in [-0.05, 0) is 23.8 Å². The molecule has 0 amide bonds.